The summed E-state index contributed by atoms with van der Waals surface area (Å²) in [5, 5.41) is 2.76. The van der Waals surface area contributed by atoms with Crippen molar-refractivity contribution in [3.63, 3.8) is 0 Å². The van der Waals surface area contributed by atoms with Gasteiger partial charge in [0.25, 0.3) is 0 Å². The van der Waals surface area contributed by atoms with E-state index < -0.39 is 5.60 Å². The quantitative estimate of drug-likeness (QED) is 0.851. The lowest BCUT2D eigenvalue weighted by Gasteiger charge is -2.23. The predicted molar refractivity (Wildman–Crippen MR) is 69.0 cm³/mol. The maximum atomic E-state index is 11.5. The summed E-state index contributed by atoms with van der Waals surface area (Å²) < 4.78 is 5.27. The Morgan fingerprint density at radius 3 is 2.53 bits per heavy atom. The second-order valence-electron chi connectivity index (χ2n) is 4.67. The highest BCUT2D eigenvalue weighted by molar-refractivity contribution is 5.67. The Bertz CT molecular complexity index is 346. The van der Waals surface area contributed by atoms with Crippen LogP contribution in [0.25, 0.3) is 0 Å². The summed E-state index contributed by atoms with van der Waals surface area (Å²) in [4.78, 5) is 11.5. The van der Waals surface area contributed by atoms with Crippen LogP contribution in [-0.4, -0.2) is 18.2 Å². The van der Waals surface area contributed by atoms with E-state index in [4.69, 9.17) is 4.74 Å². The molecule has 1 aromatic rings. The van der Waals surface area contributed by atoms with Crippen molar-refractivity contribution in [3.05, 3.63) is 35.9 Å². The van der Waals surface area contributed by atoms with Gasteiger partial charge >= 0.3 is 6.09 Å². The molecular formula is C14H21NO2. The molecule has 0 aliphatic rings. The van der Waals surface area contributed by atoms with Gasteiger partial charge in [0, 0.05) is 6.54 Å². The van der Waals surface area contributed by atoms with E-state index in [0.717, 1.165) is 12.8 Å². The number of nitrogens with one attached hydrogen (secondary N) is 1. The maximum absolute atomic E-state index is 11.5. The van der Waals surface area contributed by atoms with Crippen molar-refractivity contribution < 1.29 is 9.53 Å². The van der Waals surface area contributed by atoms with Gasteiger partial charge in [-0.05, 0) is 32.3 Å². The third kappa shape index (κ3) is 5.38. The van der Waals surface area contributed by atoms with Gasteiger partial charge in [-0.25, -0.2) is 4.79 Å². The fourth-order valence-electron chi connectivity index (χ4n) is 1.31. The van der Waals surface area contributed by atoms with Crippen LogP contribution in [-0.2, 0) is 11.2 Å². The molecule has 0 saturated heterocycles. The fourth-order valence-corrected chi connectivity index (χ4v) is 1.31. The molecule has 0 radical (unpaired) electrons. The first-order valence-electron chi connectivity index (χ1n) is 6.04. The Kier molecular flexibility index (Phi) is 5.01. The number of benzene rings is 1. The van der Waals surface area contributed by atoms with Gasteiger partial charge in [0.05, 0.1) is 0 Å². The highest BCUT2D eigenvalue weighted by atomic mass is 16.6. The van der Waals surface area contributed by atoms with Crippen molar-refractivity contribution in [3.8, 4) is 0 Å². The zero-order valence-electron chi connectivity index (χ0n) is 10.8. The van der Waals surface area contributed by atoms with E-state index in [0.29, 0.717) is 6.54 Å². The van der Waals surface area contributed by atoms with Crippen molar-refractivity contribution in [2.24, 2.45) is 0 Å². The number of carbonyl (C=O) groups excluding carboxylic acids is 1. The Morgan fingerprint density at radius 2 is 1.94 bits per heavy atom. The normalized spacial score (nSPS) is 11.0. The van der Waals surface area contributed by atoms with Crippen molar-refractivity contribution in [1.29, 1.82) is 0 Å². The van der Waals surface area contributed by atoms with E-state index in [2.05, 4.69) is 5.32 Å². The van der Waals surface area contributed by atoms with Gasteiger partial charge in [-0.1, -0.05) is 37.3 Å². The van der Waals surface area contributed by atoms with Crippen molar-refractivity contribution in [1.82, 2.24) is 5.32 Å². The Labute approximate surface area is 103 Å². The number of hydrogen-bond acceptors (Lipinski definition) is 2. The molecule has 0 heterocycles. The van der Waals surface area contributed by atoms with Crippen LogP contribution in [0.15, 0.2) is 30.3 Å². The van der Waals surface area contributed by atoms with Gasteiger partial charge < -0.3 is 10.1 Å². The summed E-state index contributed by atoms with van der Waals surface area (Å²) in [6, 6.07) is 10.1. The average molecular weight is 235 g/mol. The van der Waals surface area contributed by atoms with Gasteiger partial charge in [-0.2, -0.15) is 0 Å². The van der Waals surface area contributed by atoms with Crippen LogP contribution in [0.2, 0.25) is 0 Å². The first-order valence-corrected chi connectivity index (χ1v) is 6.04. The zero-order chi connectivity index (χ0) is 12.7. The third-order valence-electron chi connectivity index (χ3n) is 2.75. The predicted octanol–water partition coefficient (Wildman–Crippen LogP) is 3.14. The molecule has 94 valence electrons. The molecule has 3 heteroatoms. The molecule has 1 N–H and O–H groups in total. The van der Waals surface area contributed by atoms with Crippen molar-refractivity contribution >= 4 is 6.09 Å². The second-order valence-corrected chi connectivity index (χ2v) is 4.67. The minimum Gasteiger partial charge on any atom is -0.444 e. The van der Waals surface area contributed by atoms with E-state index in [1.165, 1.54) is 5.56 Å². The summed E-state index contributed by atoms with van der Waals surface area (Å²) in [5.41, 5.74) is 0.819. The molecule has 3 nitrogen and oxygen atoms in total. The third-order valence-corrected chi connectivity index (χ3v) is 2.75. The molecule has 1 amide bonds. The Hall–Kier alpha value is -1.51. The summed E-state index contributed by atoms with van der Waals surface area (Å²) in [7, 11) is 0. The smallest absolute Gasteiger partial charge is 0.407 e. The standard InChI is InChI=1S/C14H21NO2/c1-4-14(2,3)17-13(16)15-11-10-12-8-6-5-7-9-12/h5-9H,4,10-11H2,1-3H3,(H,15,16). The molecule has 0 aliphatic carbocycles. The molecule has 0 saturated carbocycles. The van der Waals surface area contributed by atoms with Gasteiger partial charge in [0.2, 0.25) is 0 Å². The van der Waals surface area contributed by atoms with E-state index in [1.54, 1.807) is 0 Å². The van der Waals surface area contributed by atoms with Crippen LogP contribution in [0.3, 0.4) is 0 Å². The Morgan fingerprint density at radius 1 is 1.29 bits per heavy atom. The molecule has 0 fully saturated rings. The molecule has 1 rings (SSSR count). The van der Waals surface area contributed by atoms with E-state index in [-0.39, 0.29) is 6.09 Å². The maximum Gasteiger partial charge on any atom is 0.407 e. The second kappa shape index (κ2) is 6.28. The number of amides is 1. The van der Waals surface area contributed by atoms with Crippen LogP contribution in [0.1, 0.15) is 32.8 Å². The fraction of sp³-hybridized carbons (Fsp3) is 0.500. The van der Waals surface area contributed by atoms with Gasteiger partial charge in [-0.15, -0.1) is 0 Å². The lowest BCUT2D eigenvalue weighted by atomic mass is 10.1. The van der Waals surface area contributed by atoms with Crippen LogP contribution in [0.4, 0.5) is 4.79 Å². The van der Waals surface area contributed by atoms with Gasteiger partial charge in [0.15, 0.2) is 0 Å². The molecule has 0 atom stereocenters. The van der Waals surface area contributed by atoms with Crippen LogP contribution in [0, 0.1) is 0 Å². The molecule has 1 aromatic carbocycles. The molecule has 0 unspecified atom stereocenters. The van der Waals surface area contributed by atoms with E-state index in [1.807, 2.05) is 51.1 Å². The summed E-state index contributed by atoms with van der Waals surface area (Å²) >= 11 is 0. The lowest BCUT2D eigenvalue weighted by molar-refractivity contribution is 0.0364. The summed E-state index contributed by atoms with van der Waals surface area (Å²) in [6.07, 6.45) is 1.29. The lowest BCUT2D eigenvalue weighted by Crippen LogP contribution is -2.35. The SMILES string of the molecule is CCC(C)(C)OC(=O)NCCc1ccccc1. The number of ether oxygens (including phenoxy) is 1. The molecule has 0 bridgehead atoms. The van der Waals surface area contributed by atoms with E-state index in [9.17, 15) is 4.79 Å². The minimum atomic E-state index is -0.392. The van der Waals surface area contributed by atoms with Crippen LogP contribution >= 0.6 is 0 Å². The van der Waals surface area contributed by atoms with Gasteiger partial charge in [-0.3, -0.25) is 0 Å². The van der Waals surface area contributed by atoms with Crippen LogP contribution < -0.4 is 5.32 Å². The number of hydrogen-bond donors (Lipinski definition) is 1. The summed E-state index contributed by atoms with van der Waals surface area (Å²) in [6.45, 7) is 6.41. The highest BCUT2D eigenvalue weighted by Gasteiger charge is 2.19. The molecule has 0 aromatic heterocycles. The molecular weight excluding hydrogens is 214 g/mol. The molecule has 0 aliphatic heterocycles. The first kappa shape index (κ1) is 13.6. The average Bonchev–Trinajstić information content (AvgIpc) is 2.30. The number of alkyl carbamates (subject to hydrolysis) is 1. The largest absolute Gasteiger partial charge is 0.444 e. The number of carbonyl (C=O) groups is 1. The van der Waals surface area contributed by atoms with Crippen LogP contribution in [0.5, 0.6) is 0 Å². The number of rotatable bonds is 5. The van der Waals surface area contributed by atoms with Gasteiger partial charge in [0.1, 0.15) is 5.60 Å². The zero-order valence-corrected chi connectivity index (χ0v) is 10.8. The van der Waals surface area contributed by atoms with E-state index >= 15 is 0 Å². The highest BCUT2D eigenvalue weighted by Crippen LogP contribution is 2.13. The minimum absolute atomic E-state index is 0.340. The molecule has 0 spiro atoms. The van der Waals surface area contributed by atoms with Crippen molar-refractivity contribution in [2.45, 2.75) is 39.2 Å². The first-order chi connectivity index (χ1) is 8.03. The monoisotopic (exact) mass is 235 g/mol. The topological polar surface area (TPSA) is 38.3 Å². The summed E-state index contributed by atoms with van der Waals surface area (Å²) in [5.74, 6) is 0. The Balaban J connectivity index is 2.25. The molecule has 17 heavy (non-hydrogen) atoms. The van der Waals surface area contributed by atoms with Crippen molar-refractivity contribution in [2.75, 3.05) is 6.54 Å².